The van der Waals surface area contributed by atoms with E-state index in [2.05, 4.69) is 51.3 Å². The molecule has 0 spiro atoms. The number of rotatable bonds is 4. The van der Waals surface area contributed by atoms with Crippen LogP contribution in [0.2, 0.25) is 0 Å². The minimum atomic E-state index is 0.476. The van der Waals surface area contributed by atoms with E-state index < -0.39 is 0 Å². The van der Waals surface area contributed by atoms with Gasteiger partial charge in [0.1, 0.15) is 19.0 Å². The van der Waals surface area contributed by atoms with Gasteiger partial charge in [-0.1, -0.05) is 30.3 Å². The Morgan fingerprint density at radius 1 is 1.03 bits per heavy atom. The number of likely N-dealkylation sites (tertiary alicyclic amines) is 1. The molecule has 31 heavy (non-hydrogen) atoms. The van der Waals surface area contributed by atoms with Crippen molar-refractivity contribution in [3.8, 4) is 17.2 Å². The molecule has 1 fully saturated rings. The summed E-state index contributed by atoms with van der Waals surface area (Å²) >= 11 is 0. The molecule has 0 radical (unpaired) electrons. The Morgan fingerprint density at radius 2 is 1.90 bits per heavy atom. The summed E-state index contributed by atoms with van der Waals surface area (Å²) in [5, 5.41) is 8.72. The maximum atomic E-state index is 5.81. The maximum Gasteiger partial charge on any atom is 0.163 e. The number of piperidine rings is 1. The molecule has 1 unspecified atom stereocenters. The monoisotopic (exact) mass is 416 g/mol. The SMILES string of the molecule is c1ccc(CN2CCCC(c3nn(-c4ccc5c(c4)OCCO5)c4c3CCN4)C2)cc1. The lowest BCUT2D eigenvalue weighted by Crippen LogP contribution is -2.34. The number of nitrogens with zero attached hydrogens (tertiary/aromatic N) is 3. The molecule has 0 amide bonds. The summed E-state index contributed by atoms with van der Waals surface area (Å²) in [6.07, 6.45) is 3.47. The van der Waals surface area contributed by atoms with Crippen molar-refractivity contribution in [1.29, 1.82) is 0 Å². The summed E-state index contributed by atoms with van der Waals surface area (Å²) in [6, 6.07) is 16.9. The molecule has 3 aliphatic heterocycles. The van der Waals surface area contributed by atoms with Crippen molar-refractivity contribution < 1.29 is 9.47 Å². The van der Waals surface area contributed by atoms with E-state index in [0.717, 1.165) is 55.6 Å². The highest BCUT2D eigenvalue weighted by atomic mass is 16.6. The third kappa shape index (κ3) is 3.55. The molecule has 0 bridgehead atoms. The molecular formula is C25H28N4O2. The summed E-state index contributed by atoms with van der Waals surface area (Å²) in [5.41, 5.74) is 5.07. The van der Waals surface area contributed by atoms with Gasteiger partial charge < -0.3 is 14.8 Å². The Hall–Kier alpha value is -2.99. The first-order valence-corrected chi connectivity index (χ1v) is 11.4. The zero-order valence-electron chi connectivity index (χ0n) is 17.7. The average molecular weight is 417 g/mol. The second-order valence-electron chi connectivity index (χ2n) is 8.69. The van der Waals surface area contributed by atoms with Crippen LogP contribution in [0.3, 0.4) is 0 Å². The van der Waals surface area contributed by atoms with Gasteiger partial charge in [-0.3, -0.25) is 4.90 Å². The molecular weight excluding hydrogens is 388 g/mol. The first kappa shape index (κ1) is 18.8. The molecule has 0 saturated carbocycles. The fraction of sp³-hybridized carbons (Fsp3) is 0.400. The predicted octanol–water partition coefficient (Wildman–Crippen LogP) is 3.99. The predicted molar refractivity (Wildman–Crippen MR) is 120 cm³/mol. The summed E-state index contributed by atoms with van der Waals surface area (Å²) < 4.78 is 13.6. The summed E-state index contributed by atoms with van der Waals surface area (Å²) in [7, 11) is 0. The highest BCUT2D eigenvalue weighted by Crippen LogP contribution is 2.38. The number of ether oxygens (including phenoxy) is 2. The van der Waals surface area contributed by atoms with Crippen molar-refractivity contribution in [3.63, 3.8) is 0 Å². The lowest BCUT2D eigenvalue weighted by atomic mass is 9.91. The van der Waals surface area contributed by atoms with Crippen LogP contribution < -0.4 is 14.8 Å². The number of anilines is 1. The van der Waals surface area contributed by atoms with E-state index in [4.69, 9.17) is 14.6 Å². The van der Waals surface area contributed by atoms with Gasteiger partial charge in [0.05, 0.1) is 11.4 Å². The van der Waals surface area contributed by atoms with Gasteiger partial charge >= 0.3 is 0 Å². The van der Waals surface area contributed by atoms with Crippen molar-refractivity contribution in [2.24, 2.45) is 0 Å². The molecule has 0 aliphatic carbocycles. The molecule has 3 aromatic rings. The molecule has 4 heterocycles. The van der Waals surface area contributed by atoms with Crippen molar-refractivity contribution >= 4 is 5.82 Å². The Balaban J connectivity index is 1.29. The van der Waals surface area contributed by atoms with Gasteiger partial charge in [-0.15, -0.1) is 0 Å². The van der Waals surface area contributed by atoms with Crippen molar-refractivity contribution in [3.05, 3.63) is 65.4 Å². The van der Waals surface area contributed by atoms with E-state index >= 15 is 0 Å². The minimum absolute atomic E-state index is 0.476. The van der Waals surface area contributed by atoms with E-state index in [9.17, 15) is 0 Å². The fourth-order valence-electron chi connectivity index (χ4n) is 5.14. The first-order chi connectivity index (χ1) is 15.3. The van der Waals surface area contributed by atoms with Crippen LogP contribution in [0.25, 0.3) is 5.69 Å². The van der Waals surface area contributed by atoms with E-state index in [1.54, 1.807) is 0 Å². The number of hydrogen-bond acceptors (Lipinski definition) is 5. The third-order valence-corrected chi connectivity index (χ3v) is 6.59. The van der Waals surface area contributed by atoms with Crippen LogP contribution in [0.4, 0.5) is 5.82 Å². The molecule has 1 aromatic heterocycles. The summed E-state index contributed by atoms with van der Waals surface area (Å²) in [5.74, 6) is 3.24. The van der Waals surface area contributed by atoms with Gasteiger partial charge in [0.25, 0.3) is 0 Å². The number of nitrogens with one attached hydrogen (secondary N) is 1. The van der Waals surface area contributed by atoms with Crippen LogP contribution in [-0.4, -0.2) is 47.5 Å². The van der Waals surface area contributed by atoms with E-state index in [1.165, 1.54) is 29.7 Å². The topological polar surface area (TPSA) is 51.6 Å². The van der Waals surface area contributed by atoms with Gasteiger partial charge in [0, 0.05) is 37.2 Å². The van der Waals surface area contributed by atoms with Crippen molar-refractivity contribution in [2.75, 3.05) is 38.2 Å². The van der Waals surface area contributed by atoms with Crippen LogP contribution in [0.1, 0.15) is 35.6 Å². The minimum Gasteiger partial charge on any atom is -0.486 e. The molecule has 6 rings (SSSR count). The second kappa shape index (κ2) is 7.93. The molecule has 1 saturated heterocycles. The molecule has 3 aliphatic rings. The average Bonchev–Trinajstić information content (AvgIpc) is 3.43. The zero-order chi connectivity index (χ0) is 20.6. The molecule has 1 N–H and O–H groups in total. The Bertz CT molecular complexity index is 1080. The molecule has 2 aromatic carbocycles. The number of benzene rings is 2. The number of aromatic nitrogens is 2. The first-order valence-electron chi connectivity index (χ1n) is 11.4. The maximum absolute atomic E-state index is 5.81. The molecule has 160 valence electrons. The Kier molecular flexibility index (Phi) is 4.80. The number of fused-ring (bicyclic) bond motifs is 2. The summed E-state index contributed by atoms with van der Waals surface area (Å²) in [4.78, 5) is 2.58. The fourth-order valence-corrected chi connectivity index (χ4v) is 5.14. The van der Waals surface area contributed by atoms with Gasteiger partial charge in [-0.05, 0) is 43.5 Å². The lowest BCUT2D eigenvalue weighted by Gasteiger charge is -2.32. The van der Waals surface area contributed by atoms with Crippen LogP contribution >= 0.6 is 0 Å². The van der Waals surface area contributed by atoms with Gasteiger partial charge in [0.2, 0.25) is 0 Å². The van der Waals surface area contributed by atoms with Gasteiger partial charge in [0.15, 0.2) is 11.5 Å². The Morgan fingerprint density at radius 3 is 2.81 bits per heavy atom. The number of hydrogen-bond donors (Lipinski definition) is 1. The van der Waals surface area contributed by atoms with Crippen LogP contribution in [-0.2, 0) is 13.0 Å². The summed E-state index contributed by atoms with van der Waals surface area (Å²) in [6.45, 7) is 5.42. The second-order valence-corrected chi connectivity index (χ2v) is 8.69. The molecule has 6 nitrogen and oxygen atoms in total. The van der Waals surface area contributed by atoms with Gasteiger partial charge in [-0.25, -0.2) is 4.68 Å². The van der Waals surface area contributed by atoms with Gasteiger partial charge in [-0.2, -0.15) is 5.10 Å². The van der Waals surface area contributed by atoms with Crippen LogP contribution in [0, 0.1) is 0 Å². The smallest absolute Gasteiger partial charge is 0.163 e. The largest absolute Gasteiger partial charge is 0.486 e. The van der Waals surface area contributed by atoms with E-state index in [0.29, 0.717) is 19.1 Å². The standard InChI is InChI=1S/C25H28N4O2/c1-2-5-18(6-3-1)16-28-12-4-7-19(17-28)24-21-10-11-26-25(21)29(27-24)20-8-9-22-23(15-20)31-14-13-30-22/h1-3,5-6,8-9,15,19,26H,4,7,10-14,16-17H2. The van der Waals surface area contributed by atoms with Crippen molar-refractivity contribution in [1.82, 2.24) is 14.7 Å². The van der Waals surface area contributed by atoms with E-state index in [-0.39, 0.29) is 0 Å². The highest BCUT2D eigenvalue weighted by Gasteiger charge is 2.31. The molecule has 6 heteroatoms. The lowest BCUT2D eigenvalue weighted by molar-refractivity contribution is 0.171. The van der Waals surface area contributed by atoms with Crippen molar-refractivity contribution in [2.45, 2.75) is 31.7 Å². The quantitative estimate of drug-likeness (QED) is 0.697. The normalized spacial score (nSPS) is 20.3. The zero-order valence-corrected chi connectivity index (χ0v) is 17.7. The molecule has 1 atom stereocenters. The Labute approximate surface area is 182 Å². The van der Waals surface area contributed by atoms with Crippen LogP contribution in [0.15, 0.2) is 48.5 Å². The highest BCUT2D eigenvalue weighted by molar-refractivity contribution is 5.60. The third-order valence-electron chi connectivity index (χ3n) is 6.59. The van der Waals surface area contributed by atoms with Crippen LogP contribution in [0.5, 0.6) is 11.5 Å². The van der Waals surface area contributed by atoms with E-state index in [1.807, 2.05) is 12.1 Å².